The molecule has 0 spiro atoms. The van der Waals surface area contributed by atoms with Gasteiger partial charge in [-0.2, -0.15) is 0 Å². The molecule has 0 aliphatic rings. The summed E-state index contributed by atoms with van der Waals surface area (Å²) in [5.41, 5.74) is 5.61. The molecule has 1 amide bonds. The van der Waals surface area contributed by atoms with Crippen molar-refractivity contribution in [2.45, 2.75) is 33.6 Å². The predicted molar refractivity (Wildman–Crippen MR) is 93.5 cm³/mol. The zero-order valence-electron chi connectivity index (χ0n) is 13.6. The molecule has 22 heavy (non-hydrogen) atoms. The van der Waals surface area contributed by atoms with Crippen molar-refractivity contribution in [3.63, 3.8) is 0 Å². The van der Waals surface area contributed by atoms with Crippen LogP contribution in [-0.2, 0) is 11.2 Å². The molecule has 3 heteroatoms. The number of rotatable bonds is 6. The molecule has 116 valence electrons. The number of nitrogens with one attached hydrogen (secondary N) is 2. The molecule has 0 aromatic heterocycles. The van der Waals surface area contributed by atoms with Crippen LogP contribution in [-0.4, -0.2) is 12.5 Å². The Labute approximate surface area is 132 Å². The first-order valence-corrected chi connectivity index (χ1v) is 7.79. The Balaban J connectivity index is 1.87. The molecule has 2 N–H and O–H groups in total. The van der Waals surface area contributed by atoms with Crippen LogP contribution in [0.1, 0.15) is 30.0 Å². The fourth-order valence-electron chi connectivity index (χ4n) is 2.41. The highest BCUT2D eigenvalue weighted by Gasteiger charge is 2.06. The molecule has 0 atom stereocenters. The van der Waals surface area contributed by atoms with Gasteiger partial charge >= 0.3 is 0 Å². The van der Waals surface area contributed by atoms with Gasteiger partial charge in [0.25, 0.3) is 0 Å². The van der Waals surface area contributed by atoms with E-state index in [1.54, 1.807) is 0 Å². The van der Waals surface area contributed by atoms with Crippen LogP contribution in [0.5, 0.6) is 0 Å². The summed E-state index contributed by atoms with van der Waals surface area (Å²) in [6.45, 7) is 6.84. The summed E-state index contributed by atoms with van der Waals surface area (Å²) in [5.74, 6) is 0.0372. The Morgan fingerprint density at radius 3 is 2.50 bits per heavy atom. The third-order valence-electron chi connectivity index (χ3n) is 3.94. The van der Waals surface area contributed by atoms with Crippen molar-refractivity contribution >= 4 is 17.3 Å². The lowest BCUT2D eigenvalue weighted by atomic mass is 10.1. The Morgan fingerprint density at radius 1 is 1.00 bits per heavy atom. The second-order valence-electron chi connectivity index (χ2n) is 5.48. The standard InChI is InChI=1S/C19H24N2O/c1-4-16-9-5-6-10-18(16)20-13-12-19(22)21-17-11-7-8-14(2)15(17)3/h5-11,20H,4,12-13H2,1-3H3,(H,21,22). The van der Waals surface area contributed by atoms with Crippen molar-refractivity contribution in [2.24, 2.45) is 0 Å². The highest BCUT2D eigenvalue weighted by molar-refractivity contribution is 5.91. The molecule has 3 nitrogen and oxygen atoms in total. The average Bonchev–Trinajstić information content (AvgIpc) is 2.52. The van der Waals surface area contributed by atoms with E-state index < -0.39 is 0 Å². The number of benzene rings is 2. The topological polar surface area (TPSA) is 41.1 Å². The SMILES string of the molecule is CCc1ccccc1NCCC(=O)Nc1cccc(C)c1C. The fraction of sp³-hybridized carbons (Fsp3) is 0.316. The first-order valence-electron chi connectivity index (χ1n) is 7.79. The molecule has 2 rings (SSSR count). The smallest absolute Gasteiger partial charge is 0.226 e. The molecule has 0 aliphatic carbocycles. The van der Waals surface area contributed by atoms with Crippen LogP contribution in [0.4, 0.5) is 11.4 Å². The van der Waals surface area contributed by atoms with Crippen LogP contribution >= 0.6 is 0 Å². The van der Waals surface area contributed by atoms with Crippen molar-refractivity contribution in [3.8, 4) is 0 Å². The number of aryl methyl sites for hydroxylation is 2. The van der Waals surface area contributed by atoms with Crippen LogP contribution in [0.3, 0.4) is 0 Å². The molecular weight excluding hydrogens is 272 g/mol. The van der Waals surface area contributed by atoms with Gasteiger partial charge in [-0.05, 0) is 49.1 Å². The molecule has 0 saturated carbocycles. The van der Waals surface area contributed by atoms with Gasteiger partial charge in [0.05, 0.1) is 0 Å². The van der Waals surface area contributed by atoms with Gasteiger partial charge in [-0.25, -0.2) is 0 Å². The molecule has 2 aromatic carbocycles. The van der Waals surface area contributed by atoms with Gasteiger partial charge in [0.15, 0.2) is 0 Å². The maximum Gasteiger partial charge on any atom is 0.226 e. The summed E-state index contributed by atoms with van der Waals surface area (Å²) in [6.07, 6.45) is 1.43. The first kappa shape index (κ1) is 16.1. The van der Waals surface area contributed by atoms with Crippen LogP contribution in [0.2, 0.25) is 0 Å². The third kappa shape index (κ3) is 4.10. The van der Waals surface area contributed by atoms with E-state index in [0.717, 1.165) is 23.4 Å². The van der Waals surface area contributed by atoms with Gasteiger partial charge in [0, 0.05) is 24.3 Å². The normalized spacial score (nSPS) is 10.3. The molecule has 0 fully saturated rings. The minimum atomic E-state index is 0.0372. The lowest BCUT2D eigenvalue weighted by molar-refractivity contribution is -0.115. The molecule has 0 bridgehead atoms. The van der Waals surface area contributed by atoms with Crippen LogP contribution < -0.4 is 10.6 Å². The summed E-state index contributed by atoms with van der Waals surface area (Å²) in [7, 11) is 0. The van der Waals surface area contributed by atoms with Gasteiger partial charge in [-0.1, -0.05) is 37.3 Å². The van der Waals surface area contributed by atoms with E-state index in [9.17, 15) is 4.79 Å². The number of carbonyl (C=O) groups is 1. The van der Waals surface area contributed by atoms with Crippen molar-refractivity contribution in [2.75, 3.05) is 17.2 Å². The first-order chi connectivity index (χ1) is 10.6. The van der Waals surface area contributed by atoms with E-state index in [4.69, 9.17) is 0 Å². The second kappa shape index (κ2) is 7.64. The van der Waals surface area contributed by atoms with Gasteiger partial charge in [0.2, 0.25) is 5.91 Å². The number of anilines is 2. The molecule has 0 aliphatic heterocycles. The molecular formula is C19H24N2O. The van der Waals surface area contributed by atoms with E-state index in [1.807, 2.05) is 44.2 Å². The predicted octanol–water partition coefficient (Wildman–Crippen LogP) is 4.31. The van der Waals surface area contributed by atoms with Gasteiger partial charge in [-0.15, -0.1) is 0 Å². The molecule has 0 unspecified atom stereocenters. The number of hydrogen-bond acceptors (Lipinski definition) is 2. The maximum atomic E-state index is 12.1. The van der Waals surface area contributed by atoms with Crippen molar-refractivity contribution in [1.29, 1.82) is 0 Å². The highest BCUT2D eigenvalue weighted by Crippen LogP contribution is 2.18. The average molecular weight is 296 g/mol. The van der Waals surface area contributed by atoms with Gasteiger partial charge in [0.1, 0.15) is 0 Å². The molecule has 0 saturated heterocycles. The van der Waals surface area contributed by atoms with Gasteiger partial charge in [-0.3, -0.25) is 4.79 Å². The second-order valence-corrected chi connectivity index (χ2v) is 5.48. The monoisotopic (exact) mass is 296 g/mol. The van der Waals surface area contributed by atoms with E-state index in [1.165, 1.54) is 11.1 Å². The zero-order chi connectivity index (χ0) is 15.9. The van der Waals surface area contributed by atoms with Crippen molar-refractivity contribution in [1.82, 2.24) is 0 Å². The summed E-state index contributed by atoms with van der Waals surface area (Å²) in [4.78, 5) is 12.1. The quantitative estimate of drug-likeness (QED) is 0.834. The summed E-state index contributed by atoms with van der Waals surface area (Å²) < 4.78 is 0. The van der Waals surface area contributed by atoms with Crippen LogP contribution in [0.25, 0.3) is 0 Å². The van der Waals surface area contributed by atoms with Crippen molar-refractivity contribution < 1.29 is 4.79 Å². The number of para-hydroxylation sites is 1. The Kier molecular flexibility index (Phi) is 5.59. The molecule has 0 radical (unpaired) electrons. The van der Waals surface area contributed by atoms with E-state index in [-0.39, 0.29) is 5.91 Å². The summed E-state index contributed by atoms with van der Waals surface area (Å²) >= 11 is 0. The Morgan fingerprint density at radius 2 is 1.73 bits per heavy atom. The minimum absolute atomic E-state index is 0.0372. The molecule has 2 aromatic rings. The van der Waals surface area contributed by atoms with E-state index in [0.29, 0.717) is 13.0 Å². The zero-order valence-corrected chi connectivity index (χ0v) is 13.6. The highest BCUT2D eigenvalue weighted by atomic mass is 16.1. The Bertz CT molecular complexity index is 650. The largest absolute Gasteiger partial charge is 0.384 e. The van der Waals surface area contributed by atoms with E-state index >= 15 is 0 Å². The lowest BCUT2D eigenvalue weighted by Gasteiger charge is -2.12. The molecule has 0 heterocycles. The maximum absolute atomic E-state index is 12.1. The minimum Gasteiger partial charge on any atom is -0.384 e. The van der Waals surface area contributed by atoms with Gasteiger partial charge < -0.3 is 10.6 Å². The van der Waals surface area contributed by atoms with Crippen LogP contribution in [0.15, 0.2) is 42.5 Å². The lowest BCUT2D eigenvalue weighted by Crippen LogP contribution is -2.17. The fourth-order valence-corrected chi connectivity index (χ4v) is 2.41. The summed E-state index contributed by atoms with van der Waals surface area (Å²) in [6, 6.07) is 14.2. The van der Waals surface area contributed by atoms with Crippen molar-refractivity contribution in [3.05, 3.63) is 59.2 Å². The summed E-state index contributed by atoms with van der Waals surface area (Å²) in [5, 5.41) is 6.33. The number of carbonyl (C=O) groups excluding carboxylic acids is 1. The van der Waals surface area contributed by atoms with E-state index in [2.05, 4.69) is 29.7 Å². The van der Waals surface area contributed by atoms with Crippen LogP contribution in [0, 0.1) is 13.8 Å². The number of hydrogen-bond donors (Lipinski definition) is 2. The Hall–Kier alpha value is -2.29. The third-order valence-corrected chi connectivity index (χ3v) is 3.94. The number of amides is 1.